The molecule has 1 spiro atoms. The Morgan fingerprint density at radius 3 is 2.89 bits per heavy atom. The zero-order chi connectivity index (χ0) is 18.9. The number of nitrogens with one attached hydrogen (secondary N) is 2. The Kier molecular flexibility index (Phi) is 5.21. The maximum atomic E-state index is 12.6. The van der Waals surface area contributed by atoms with Gasteiger partial charge in [-0.25, -0.2) is 4.99 Å². The van der Waals surface area contributed by atoms with Crippen molar-refractivity contribution in [2.24, 2.45) is 16.3 Å². The minimum atomic E-state index is -2.84. The van der Waals surface area contributed by atoms with Gasteiger partial charge >= 0.3 is 6.61 Å². The lowest BCUT2D eigenvalue weighted by Crippen LogP contribution is -2.72. The van der Waals surface area contributed by atoms with E-state index in [1.165, 1.54) is 19.3 Å². The highest BCUT2D eigenvalue weighted by molar-refractivity contribution is 5.80. The monoisotopic (exact) mass is 379 g/mol. The summed E-state index contributed by atoms with van der Waals surface area (Å²) in [6.45, 7) is 1.05. The Hall–Kier alpha value is -1.89. The van der Waals surface area contributed by atoms with Gasteiger partial charge in [0.05, 0.1) is 12.6 Å². The molecule has 1 aromatic carbocycles. The van der Waals surface area contributed by atoms with E-state index in [1.54, 1.807) is 24.3 Å². The van der Waals surface area contributed by atoms with Gasteiger partial charge in [0.1, 0.15) is 5.75 Å². The number of alkyl halides is 2. The minimum Gasteiger partial charge on any atom is -0.434 e. The molecule has 0 bridgehead atoms. The first kappa shape index (κ1) is 18.5. The van der Waals surface area contributed by atoms with Gasteiger partial charge in [-0.05, 0) is 32.3 Å². The van der Waals surface area contributed by atoms with Gasteiger partial charge in [-0.3, -0.25) is 0 Å². The summed E-state index contributed by atoms with van der Waals surface area (Å²) in [5, 5.41) is 6.91. The summed E-state index contributed by atoms with van der Waals surface area (Å²) in [6, 6.07) is 7.18. The molecule has 7 heteroatoms. The maximum absolute atomic E-state index is 12.6. The van der Waals surface area contributed by atoms with E-state index in [9.17, 15) is 8.78 Å². The topological polar surface area (TPSA) is 54.9 Å². The Morgan fingerprint density at radius 2 is 2.19 bits per heavy atom. The first-order valence-electron chi connectivity index (χ1n) is 9.83. The van der Waals surface area contributed by atoms with E-state index in [1.807, 2.05) is 6.92 Å². The number of aliphatic imine (C=N–C) groups is 1. The molecule has 3 fully saturated rings. The molecule has 3 unspecified atom stereocenters. The number of fused-ring (bicyclic) bond motifs is 2. The SMILES string of the molecule is CCNC(=NCc1ccccc1OC(F)F)NC1C2CCOC2C12CCC2. The molecule has 0 aromatic heterocycles. The van der Waals surface area contributed by atoms with E-state index in [4.69, 9.17) is 4.74 Å². The number of para-hydroxylation sites is 1. The highest BCUT2D eigenvalue weighted by Crippen LogP contribution is 2.62. The van der Waals surface area contributed by atoms with Crippen molar-refractivity contribution in [2.45, 2.75) is 57.9 Å². The predicted molar refractivity (Wildman–Crippen MR) is 98.9 cm³/mol. The van der Waals surface area contributed by atoms with Crippen LogP contribution in [0.3, 0.4) is 0 Å². The molecular formula is C20H27F2N3O2. The molecule has 3 aliphatic rings. The average molecular weight is 379 g/mol. The summed E-state index contributed by atoms with van der Waals surface area (Å²) < 4.78 is 35.8. The number of halogens is 2. The van der Waals surface area contributed by atoms with Crippen LogP contribution in [0.5, 0.6) is 5.75 Å². The molecule has 1 aromatic rings. The molecule has 2 aliphatic carbocycles. The second-order valence-electron chi connectivity index (χ2n) is 7.63. The van der Waals surface area contributed by atoms with Crippen molar-refractivity contribution < 1.29 is 18.3 Å². The number of benzene rings is 1. The van der Waals surface area contributed by atoms with Gasteiger partial charge in [-0.2, -0.15) is 8.78 Å². The van der Waals surface area contributed by atoms with Crippen molar-refractivity contribution in [3.8, 4) is 5.75 Å². The summed E-state index contributed by atoms with van der Waals surface area (Å²) in [7, 11) is 0. The third-order valence-electron chi connectivity index (χ3n) is 6.27. The van der Waals surface area contributed by atoms with Gasteiger partial charge in [-0.1, -0.05) is 24.6 Å². The largest absolute Gasteiger partial charge is 0.434 e. The lowest BCUT2D eigenvalue weighted by molar-refractivity contribution is -0.171. The maximum Gasteiger partial charge on any atom is 0.387 e. The lowest BCUT2D eigenvalue weighted by Gasteiger charge is -2.63. The van der Waals surface area contributed by atoms with Gasteiger partial charge in [0.25, 0.3) is 0 Å². The van der Waals surface area contributed by atoms with Crippen LogP contribution in [0.2, 0.25) is 0 Å². The quantitative estimate of drug-likeness (QED) is 0.588. The fourth-order valence-corrected chi connectivity index (χ4v) is 4.93. The van der Waals surface area contributed by atoms with Gasteiger partial charge in [0.2, 0.25) is 0 Å². The number of guanidine groups is 1. The van der Waals surface area contributed by atoms with Crippen LogP contribution < -0.4 is 15.4 Å². The van der Waals surface area contributed by atoms with E-state index in [0.29, 0.717) is 23.6 Å². The molecule has 5 nitrogen and oxygen atoms in total. The summed E-state index contributed by atoms with van der Waals surface area (Å²) in [6.07, 6.45) is 5.16. The molecule has 148 valence electrons. The molecule has 1 heterocycles. The highest BCUT2D eigenvalue weighted by Gasteiger charge is 2.66. The highest BCUT2D eigenvalue weighted by atomic mass is 19.3. The van der Waals surface area contributed by atoms with E-state index < -0.39 is 6.61 Å². The van der Waals surface area contributed by atoms with Crippen molar-refractivity contribution in [1.29, 1.82) is 0 Å². The first-order valence-corrected chi connectivity index (χ1v) is 9.83. The van der Waals surface area contributed by atoms with Crippen LogP contribution in [0.25, 0.3) is 0 Å². The summed E-state index contributed by atoms with van der Waals surface area (Å²) >= 11 is 0. The normalized spacial score (nSPS) is 28.4. The zero-order valence-corrected chi connectivity index (χ0v) is 15.6. The average Bonchev–Trinajstić information content (AvgIpc) is 3.01. The lowest BCUT2D eigenvalue weighted by atomic mass is 9.46. The van der Waals surface area contributed by atoms with Crippen molar-refractivity contribution in [1.82, 2.24) is 10.6 Å². The van der Waals surface area contributed by atoms with E-state index in [0.717, 1.165) is 25.5 Å². The molecule has 1 aliphatic heterocycles. The van der Waals surface area contributed by atoms with Crippen LogP contribution in [0.4, 0.5) is 8.78 Å². The fraction of sp³-hybridized carbons (Fsp3) is 0.650. The number of nitrogens with zero attached hydrogens (tertiary/aromatic N) is 1. The smallest absolute Gasteiger partial charge is 0.387 e. The third-order valence-corrected chi connectivity index (χ3v) is 6.27. The predicted octanol–water partition coefficient (Wildman–Crippen LogP) is 3.30. The van der Waals surface area contributed by atoms with Gasteiger partial charge in [0, 0.05) is 36.1 Å². The molecule has 0 radical (unpaired) electrons. The standard InChI is InChI=1S/C20H27F2N3O2/c1-2-23-19(24-12-13-6-3-4-7-15(13)27-18(21)22)25-16-14-8-11-26-17(14)20(16)9-5-10-20/h3-4,6-7,14,16-18H,2,5,8-12H2,1H3,(H2,23,24,25). The van der Waals surface area contributed by atoms with E-state index in [2.05, 4.69) is 20.4 Å². The van der Waals surface area contributed by atoms with Crippen molar-refractivity contribution in [2.75, 3.05) is 13.2 Å². The van der Waals surface area contributed by atoms with Crippen LogP contribution in [0.15, 0.2) is 29.3 Å². The molecule has 2 saturated carbocycles. The number of rotatable bonds is 6. The minimum absolute atomic E-state index is 0.176. The van der Waals surface area contributed by atoms with E-state index in [-0.39, 0.29) is 17.7 Å². The summed E-state index contributed by atoms with van der Waals surface area (Å²) in [5.41, 5.74) is 0.901. The molecule has 0 amide bonds. The van der Waals surface area contributed by atoms with Gasteiger partial charge in [-0.15, -0.1) is 0 Å². The Morgan fingerprint density at radius 1 is 1.37 bits per heavy atom. The summed E-state index contributed by atoms with van der Waals surface area (Å²) in [5.74, 6) is 1.45. The number of hydrogen-bond donors (Lipinski definition) is 2. The molecular weight excluding hydrogens is 352 g/mol. The van der Waals surface area contributed by atoms with Crippen molar-refractivity contribution >= 4 is 5.96 Å². The Bertz CT molecular complexity index is 694. The summed E-state index contributed by atoms with van der Waals surface area (Å²) in [4.78, 5) is 4.64. The first-order chi connectivity index (χ1) is 13.1. The van der Waals surface area contributed by atoms with Crippen LogP contribution in [0.1, 0.15) is 38.2 Å². The Balaban J connectivity index is 1.47. The molecule has 2 N–H and O–H groups in total. The second-order valence-corrected chi connectivity index (χ2v) is 7.63. The van der Waals surface area contributed by atoms with Crippen molar-refractivity contribution in [3.05, 3.63) is 29.8 Å². The van der Waals surface area contributed by atoms with Crippen LogP contribution in [0, 0.1) is 11.3 Å². The fourth-order valence-electron chi connectivity index (χ4n) is 4.93. The van der Waals surface area contributed by atoms with Crippen LogP contribution >= 0.6 is 0 Å². The molecule has 1 saturated heterocycles. The van der Waals surface area contributed by atoms with Crippen LogP contribution in [-0.4, -0.2) is 37.9 Å². The molecule has 4 rings (SSSR count). The molecule has 3 atom stereocenters. The second kappa shape index (κ2) is 7.62. The van der Waals surface area contributed by atoms with Gasteiger partial charge in [0.15, 0.2) is 5.96 Å². The van der Waals surface area contributed by atoms with E-state index >= 15 is 0 Å². The van der Waals surface area contributed by atoms with Crippen LogP contribution in [-0.2, 0) is 11.3 Å². The van der Waals surface area contributed by atoms with Gasteiger partial charge < -0.3 is 20.1 Å². The Labute approximate surface area is 158 Å². The zero-order valence-electron chi connectivity index (χ0n) is 15.6. The number of ether oxygens (including phenoxy) is 2. The third kappa shape index (κ3) is 3.37. The van der Waals surface area contributed by atoms with Crippen molar-refractivity contribution in [3.63, 3.8) is 0 Å². The molecule has 27 heavy (non-hydrogen) atoms. The number of hydrogen-bond acceptors (Lipinski definition) is 3.